The van der Waals surface area contributed by atoms with E-state index in [1.807, 2.05) is 0 Å². The van der Waals surface area contributed by atoms with Crippen molar-refractivity contribution in [3.8, 4) is 0 Å². The van der Waals surface area contributed by atoms with E-state index in [0.717, 1.165) is 0 Å². The predicted molar refractivity (Wildman–Crippen MR) is 64.9 cm³/mol. The van der Waals surface area contributed by atoms with Gasteiger partial charge in [-0.15, -0.1) is 0 Å². The summed E-state index contributed by atoms with van der Waals surface area (Å²) in [6.45, 7) is 1.34. The first-order chi connectivity index (χ1) is 8.66. The third-order valence-corrected chi connectivity index (χ3v) is 2.91. The quantitative estimate of drug-likeness (QED) is 0.762. The standard InChI is InChI=1S/C12H15N3O3/c16-10-4-6-15(12(18)9-13-10)8-7-14-5-2-1-3-11(14)17/h1-3,5H,4,6-9H2,(H,13,16). The molecule has 96 valence electrons. The van der Waals surface area contributed by atoms with Crippen LogP contribution < -0.4 is 10.9 Å². The number of nitrogens with zero attached hydrogens (tertiary/aromatic N) is 2. The second kappa shape index (κ2) is 5.48. The third kappa shape index (κ3) is 2.97. The summed E-state index contributed by atoms with van der Waals surface area (Å²) in [5.74, 6) is -0.215. The molecule has 0 radical (unpaired) electrons. The minimum atomic E-state index is -0.109. The van der Waals surface area contributed by atoms with Gasteiger partial charge in [-0.05, 0) is 6.07 Å². The van der Waals surface area contributed by atoms with Crippen molar-refractivity contribution in [2.45, 2.75) is 13.0 Å². The minimum absolute atomic E-state index is 0.0442. The van der Waals surface area contributed by atoms with Crippen LogP contribution in [0.1, 0.15) is 6.42 Å². The Morgan fingerprint density at radius 1 is 1.17 bits per heavy atom. The van der Waals surface area contributed by atoms with Gasteiger partial charge in [0.1, 0.15) is 0 Å². The molecule has 1 aromatic rings. The molecule has 2 rings (SSSR count). The Hall–Kier alpha value is -2.11. The van der Waals surface area contributed by atoms with Crippen LogP contribution in [0.15, 0.2) is 29.2 Å². The highest BCUT2D eigenvalue weighted by Crippen LogP contribution is 1.98. The summed E-state index contributed by atoms with van der Waals surface area (Å²) in [5, 5.41) is 2.54. The summed E-state index contributed by atoms with van der Waals surface area (Å²) in [6.07, 6.45) is 2.00. The van der Waals surface area contributed by atoms with Crippen molar-refractivity contribution in [2.24, 2.45) is 0 Å². The Kier molecular flexibility index (Phi) is 3.76. The molecule has 6 nitrogen and oxygen atoms in total. The second-order valence-corrected chi connectivity index (χ2v) is 4.14. The molecule has 0 saturated carbocycles. The van der Waals surface area contributed by atoms with E-state index in [-0.39, 0.29) is 23.9 Å². The molecule has 0 spiro atoms. The van der Waals surface area contributed by atoms with Gasteiger partial charge in [-0.1, -0.05) is 6.07 Å². The molecule has 18 heavy (non-hydrogen) atoms. The van der Waals surface area contributed by atoms with E-state index in [4.69, 9.17) is 0 Å². The lowest BCUT2D eigenvalue weighted by Crippen LogP contribution is -2.38. The van der Waals surface area contributed by atoms with Gasteiger partial charge in [0, 0.05) is 38.3 Å². The average molecular weight is 249 g/mol. The predicted octanol–water partition coefficient (Wildman–Crippen LogP) is -0.803. The number of amides is 2. The summed E-state index contributed by atoms with van der Waals surface area (Å²) < 4.78 is 1.55. The molecule has 1 N–H and O–H groups in total. The van der Waals surface area contributed by atoms with Gasteiger partial charge in [0.25, 0.3) is 5.56 Å². The van der Waals surface area contributed by atoms with Crippen molar-refractivity contribution in [3.63, 3.8) is 0 Å². The van der Waals surface area contributed by atoms with Crippen molar-refractivity contribution < 1.29 is 9.59 Å². The fraction of sp³-hybridized carbons (Fsp3) is 0.417. The molecule has 1 aliphatic heterocycles. The van der Waals surface area contributed by atoms with E-state index in [0.29, 0.717) is 26.1 Å². The number of nitrogens with one attached hydrogen (secondary N) is 1. The molecule has 2 amide bonds. The maximum Gasteiger partial charge on any atom is 0.250 e. The molecule has 0 atom stereocenters. The summed E-state index contributed by atoms with van der Waals surface area (Å²) in [4.78, 5) is 35.9. The molecule has 6 heteroatoms. The van der Waals surface area contributed by atoms with E-state index in [2.05, 4.69) is 5.32 Å². The average Bonchev–Trinajstić information content (AvgIpc) is 2.52. The highest BCUT2D eigenvalue weighted by molar-refractivity contribution is 5.87. The molecule has 0 bridgehead atoms. The highest BCUT2D eigenvalue weighted by atomic mass is 16.2. The maximum atomic E-state index is 11.7. The van der Waals surface area contributed by atoms with Gasteiger partial charge in [-0.2, -0.15) is 0 Å². The van der Waals surface area contributed by atoms with Crippen molar-refractivity contribution in [2.75, 3.05) is 19.6 Å². The first-order valence-corrected chi connectivity index (χ1v) is 5.87. The Morgan fingerprint density at radius 3 is 2.78 bits per heavy atom. The van der Waals surface area contributed by atoms with Gasteiger partial charge in [0.05, 0.1) is 6.54 Å². The van der Waals surface area contributed by atoms with Gasteiger partial charge < -0.3 is 14.8 Å². The van der Waals surface area contributed by atoms with Crippen molar-refractivity contribution in [3.05, 3.63) is 34.7 Å². The molecule has 1 aromatic heterocycles. The maximum absolute atomic E-state index is 11.7. The van der Waals surface area contributed by atoms with Gasteiger partial charge >= 0.3 is 0 Å². The SMILES string of the molecule is O=C1CCN(CCn2ccccc2=O)C(=O)CN1. The van der Waals surface area contributed by atoms with E-state index in [1.165, 1.54) is 6.07 Å². The van der Waals surface area contributed by atoms with Crippen LogP contribution in [0.3, 0.4) is 0 Å². The first kappa shape index (κ1) is 12.3. The Labute approximate surface area is 104 Å². The second-order valence-electron chi connectivity index (χ2n) is 4.14. The smallest absolute Gasteiger partial charge is 0.250 e. The van der Waals surface area contributed by atoms with E-state index in [9.17, 15) is 14.4 Å². The fourth-order valence-electron chi connectivity index (χ4n) is 1.85. The fourth-order valence-corrected chi connectivity index (χ4v) is 1.85. The lowest BCUT2D eigenvalue weighted by molar-refractivity contribution is -0.130. The minimum Gasteiger partial charge on any atom is -0.347 e. The number of hydrogen-bond acceptors (Lipinski definition) is 3. The van der Waals surface area contributed by atoms with Crippen molar-refractivity contribution in [1.29, 1.82) is 0 Å². The van der Waals surface area contributed by atoms with Crippen LogP contribution >= 0.6 is 0 Å². The monoisotopic (exact) mass is 249 g/mol. The van der Waals surface area contributed by atoms with Gasteiger partial charge in [0.15, 0.2) is 0 Å². The van der Waals surface area contributed by atoms with Gasteiger partial charge in [0.2, 0.25) is 11.8 Å². The van der Waals surface area contributed by atoms with Crippen LogP contribution in [-0.2, 0) is 16.1 Å². The summed E-state index contributed by atoms with van der Waals surface area (Å²) >= 11 is 0. The summed E-state index contributed by atoms with van der Waals surface area (Å²) in [6, 6.07) is 4.94. The van der Waals surface area contributed by atoms with Crippen LogP contribution in [-0.4, -0.2) is 40.9 Å². The number of hydrogen-bond donors (Lipinski definition) is 1. The molecule has 1 fully saturated rings. The van der Waals surface area contributed by atoms with Crippen LogP contribution in [0.25, 0.3) is 0 Å². The highest BCUT2D eigenvalue weighted by Gasteiger charge is 2.19. The van der Waals surface area contributed by atoms with Crippen LogP contribution in [0, 0.1) is 0 Å². The van der Waals surface area contributed by atoms with Gasteiger partial charge in [-0.25, -0.2) is 0 Å². The molecule has 2 heterocycles. The number of carbonyl (C=O) groups is 2. The van der Waals surface area contributed by atoms with Gasteiger partial charge in [-0.3, -0.25) is 14.4 Å². The zero-order chi connectivity index (χ0) is 13.0. The Balaban J connectivity index is 1.97. The Bertz CT molecular complexity index is 509. The zero-order valence-electron chi connectivity index (χ0n) is 9.96. The summed E-state index contributed by atoms with van der Waals surface area (Å²) in [7, 11) is 0. The molecular weight excluding hydrogens is 234 g/mol. The largest absolute Gasteiger partial charge is 0.347 e. The number of pyridine rings is 1. The van der Waals surface area contributed by atoms with Crippen molar-refractivity contribution >= 4 is 11.8 Å². The molecule has 0 aromatic carbocycles. The zero-order valence-corrected chi connectivity index (χ0v) is 9.96. The normalized spacial score (nSPS) is 16.3. The van der Waals surface area contributed by atoms with Crippen LogP contribution in [0.5, 0.6) is 0 Å². The lowest BCUT2D eigenvalue weighted by atomic mass is 10.3. The molecule has 0 aliphatic carbocycles. The number of carbonyl (C=O) groups excluding carboxylic acids is 2. The topological polar surface area (TPSA) is 71.4 Å². The molecule has 1 aliphatic rings. The number of aromatic nitrogens is 1. The molecular formula is C12H15N3O3. The first-order valence-electron chi connectivity index (χ1n) is 5.87. The van der Waals surface area contributed by atoms with E-state index in [1.54, 1.807) is 27.8 Å². The number of rotatable bonds is 3. The van der Waals surface area contributed by atoms with E-state index >= 15 is 0 Å². The summed E-state index contributed by atoms with van der Waals surface area (Å²) in [5.41, 5.74) is -0.0889. The van der Waals surface area contributed by atoms with Crippen LogP contribution in [0.4, 0.5) is 0 Å². The van der Waals surface area contributed by atoms with Crippen molar-refractivity contribution in [1.82, 2.24) is 14.8 Å². The lowest BCUT2D eigenvalue weighted by Gasteiger charge is -2.19. The molecule has 0 unspecified atom stereocenters. The van der Waals surface area contributed by atoms with Crippen LogP contribution in [0.2, 0.25) is 0 Å². The third-order valence-electron chi connectivity index (χ3n) is 2.91. The van der Waals surface area contributed by atoms with E-state index < -0.39 is 0 Å². The molecule has 1 saturated heterocycles. The Morgan fingerprint density at radius 2 is 2.00 bits per heavy atom.